The van der Waals surface area contributed by atoms with E-state index in [1.54, 1.807) is 10.6 Å². The minimum absolute atomic E-state index is 0.0543. The number of rotatable bonds is 0. The topological polar surface area (TPSA) is 48.0 Å². The van der Waals surface area contributed by atoms with Gasteiger partial charge in [0.2, 0.25) is 5.56 Å². The molecule has 1 aliphatic rings. The fourth-order valence-corrected chi connectivity index (χ4v) is 2.48. The van der Waals surface area contributed by atoms with Gasteiger partial charge in [0.1, 0.15) is 0 Å². The second-order valence-corrected chi connectivity index (χ2v) is 5.28. The molecular formula is C12H18N2O. The largest absolute Gasteiger partial charge is 0.324 e. The third-order valence-corrected chi connectivity index (χ3v) is 3.29. The standard InChI is InChI=1S/C12H18N2O/c1-12(2)6-9(13)8-4-5-11(15)14(3)10(8)7-12/h4-5,9H,6-7,13H2,1-3H3/t9-/m1/s1. The first-order chi connectivity index (χ1) is 6.91. The molecule has 1 aromatic rings. The smallest absolute Gasteiger partial charge is 0.250 e. The first-order valence-corrected chi connectivity index (χ1v) is 5.35. The normalized spacial score (nSPS) is 23.6. The summed E-state index contributed by atoms with van der Waals surface area (Å²) in [4.78, 5) is 11.5. The molecule has 15 heavy (non-hydrogen) atoms. The van der Waals surface area contributed by atoms with Crippen molar-refractivity contribution in [2.45, 2.75) is 32.7 Å². The molecule has 1 heterocycles. The van der Waals surface area contributed by atoms with Crippen LogP contribution in [0.1, 0.15) is 37.6 Å². The van der Waals surface area contributed by atoms with Crippen LogP contribution >= 0.6 is 0 Å². The highest BCUT2D eigenvalue weighted by molar-refractivity contribution is 5.28. The van der Waals surface area contributed by atoms with E-state index in [4.69, 9.17) is 5.73 Å². The quantitative estimate of drug-likeness (QED) is 0.696. The van der Waals surface area contributed by atoms with Gasteiger partial charge in [0.15, 0.2) is 0 Å². The van der Waals surface area contributed by atoms with Crippen molar-refractivity contribution >= 4 is 0 Å². The molecular weight excluding hydrogens is 188 g/mol. The summed E-state index contributed by atoms with van der Waals surface area (Å²) in [6.45, 7) is 4.40. The summed E-state index contributed by atoms with van der Waals surface area (Å²) in [5.74, 6) is 0. The molecule has 0 saturated carbocycles. The van der Waals surface area contributed by atoms with Crippen LogP contribution in [0.2, 0.25) is 0 Å². The number of aromatic nitrogens is 1. The van der Waals surface area contributed by atoms with Crippen molar-refractivity contribution in [2.75, 3.05) is 0 Å². The van der Waals surface area contributed by atoms with Crippen LogP contribution in [0, 0.1) is 5.41 Å². The number of hydrogen-bond donors (Lipinski definition) is 1. The average molecular weight is 206 g/mol. The van der Waals surface area contributed by atoms with Gasteiger partial charge in [-0.05, 0) is 23.8 Å². The van der Waals surface area contributed by atoms with Crippen molar-refractivity contribution in [2.24, 2.45) is 18.2 Å². The summed E-state index contributed by atoms with van der Waals surface area (Å²) in [6.07, 6.45) is 1.92. The zero-order chi connectivity index (χ0) is 11.2. The molecule has 0 aromatic carbocycles. The number of nitrogens with zero attached hydrogens (tertiary/aromatic N) is 1. The van der Waals surface area contributed by atoms with E-state index < -0.39 is 0 Å². The molecule has 0 aliphatic heterocycles. The number of pyridine rings is 1. The average Bonchev–Trinajstić information content (AvgIpc) is 2.10. The first-order valence-electron chi connectivity index (χ1n) is 5.35. The third kappa shape index (κ3) is 1.72. The summed E-state index contributed by atoms with van der Waals surface area (Å²) in [5, 5.41) is 0. The Kier molecular flexibility index (Phi) is 2.23. The van der Waals surface area contributed by atoms with Gasteiger partial charge < -0.3 is 10.3 Å². The number of fused-ring (bicyclic) bond motifs is 1. The SMILES string of the molecule is Cn1c2c(ccc1=O)[C@H](N)CC(C)(C)C2. The van der Waals surface area contributed by atoms with Gasteiger partial charge >= 0.3 is 0 Å². The fourth-order valence-electron chi connectivity index (χ4n) is 2.48. The Bertz CT molecular complexity index is 445. The molecule has 0 unspecified atom stereocenters. The van der Waals surface area contributed by atoms with Gasteiger partial charge in [-0.3, -0.25) is 4.79 Å². The van der Waals surface area contributed by atoms with Crippen LogP contribution in [-0.4, -0.2) is 4.57 Å². The minimum atomic E-state index is 0.0543. The highest BCUT2D eigenvalue weighted by Crippen LogP contribution is 2.38. The molecule has 3 heteroatoms. The van der Waals surface area contributed by atoms with Gasteiger partial charge in [-0.1, -0.05) is 19.9 Å². The molecule has 2 N–H and O–H groups in total. The zero-order valence-corrected chi connectivity index (χ0v) is 9.58. The van der Waals surface area contributed by atoms with Crippen LogP contribution < -0.4 is 11.3 Å². The molecule has 0 fully saturated rings. The molecule has 0 radical (unpaired) electrons. The molecule has 2 rings (SSSR count). The van der Waals surface area contributed by atoms with Gasteiger partial charge in [0.05, 0.1) is 0 Å². The Balaban J connectivity index is 2.61. The predicted octanol–water partition coefficient (Wildman–Crippen LogP) is 1.36. The van der Waals surface area contributed by atoms with Crippen LogP contribution in [0.15, 0.2) is 16.9 Å². The molecule has 1 aliphatic carbocycles. The van der Waals surface area contributed by atoms with Crippen molar-refractivity contribution in [1.82, 2.24) is 4.57 Å². The molecule has 0 saturated heterocycles. The van der Waals surface area contributed by atoms with Gasteiger partial charge in [0.25, 0.3) is 0 Å². The Hall–Kier alpha value is -1.09. The van der Waals surface area contributed by atoms with E-state index in [-0.39, 0.29) is 17.0 Å². The van der Waals surface area contributed by atoms with Crippen molar-refractivity contribution < 1.29 is 0 Å². The lowest BCUT2D eigenvalue weighted by molar-refractivity contribution is 0.273. The maximum absolute atomic E-state index is 11.5. The third-order valence-electron chi connectivity index (χ3n) is 3.29. The van der Waals surface area contributed by atoms with E-state index in [2.05, 4.69) is 13.8 Å². The lowest BCUT2D eigenvalue weighted by Gasteiger charge is -2.36. The maximum atomic E-state index is 11.5. The summed E-state index contributed by atoms with van der Waals surface area (Å²) in [7, 11) is 1.83. The number of hydrogen-bond acceptors (Lipinski definition) is 2. The van der Waals surface area contributed by atoms with Crippen molar-refractivity contribution in [3.8, 4) is 0 Å². The monoisotopic (exact) mass is 206 g/mol. The van der Waals surface area contributed by atoms with E-state index in [0.717, 1.165) is 24.1 Å². The van der Waals surface area contributed by atoms with E-state index in [9.17, 15) is 4.79 Å². The van der Waals surface area contributed by atoms with Crippen LogP contribution in [0.4, 0.5) is 0 Å². The van der Waals surface area contributed by atoms with Gasteiger partial charge in [0, 0.05) is 24.8 Å². The Morgan fingerprint density at radius 3 is 2.80 bits per heavy atom. The molecule has 0 spiro atoms. The predicted molar refractivity (Wildman–Crippen MR) is 60.7 cm³/mol. The van der Waals surface area contributed by atoms with E-state index in [1.807, 2.05) is 13.1 Å². The summed E-state index contributed by atoms with van der Waals surface area (Å²) < 4.78 is 1.73. The second-order valence-electron chi connectivity index (χ2n) is 5.28. The van der Waals surface area contributed by atoms with E-state index >= 15 is 0 Å². The molecule has 1 aromatic heterocycles. The fraction of sp³-hybridized carbons (Fsp3) is 0.583. The van der Waals surface area contributed by atoms with Crippen LogP contribution in [-0.2, 0) is 13.5 Å². The van der Waals surface area contributed by atoms with Crippen LogP contribution in [0.25, 0.3) is 0 Å². The van der Waals surface area contributed by atoms with Gasteiger partial charge in [-0.25, -0.2) is 0 Å². The van der Waals surface area contributed by atoms with Crippen LogP contribution in [0.5, 0.6) is 0 Å². The Morgan fingerprint density at radius 2 is 2.13 bits per heavy atom. The van der Waals surface area contributed by atoms with Gasteiger partial charge in [-0.15, -0.1) is 0 Å². The first kappa shape index (κ1) is 10.4. The Morgan fingerprint density at radius 1 is 1.47 bits per heavy atom. The maximum Gasteiger partial charge on any atom is 0.250 e. The lowest BCUT2D eigenvalue weighted by Crippen LogP contribution is -2.34. The highest BCUT2D eigenvalue weighted by atomic mass is 16.1. The highest BCUT2D eigenvalue weighted by Gasteiger charge is 2.31. The molecule has 1 atom stereocenters. The minimum Gasteiger partial charge on any atom is -0.324 e. The zero-order valence-electron chi connectivity index (χ0n) is 9.58. The molecule has 3 nitrogen and oxygen atoms in total. The lowest BCUT2D eigenvalue weighted by atomic mass is 9.74. The summed E-state index contributed by atoms with van der Waals surface area (Å²) in [6, 6.07) is 3.56. The second kappa shape index (κ2) is 3.20. The number of nitrogens with two attached hydrogens (primary N) is 1. The summed E-state index contributed by atoms with van der Waals surface area (Å²) in [5.41, 5.74) is 8.61. The Labute approximate surface area is 89.9 Å². The molecule has 0 bridgehead atoms. The van der Waals surface area contributed by atoms with E-state index in [1.165, 1.54) is 0 Å². The van der Waals surface area contributed by atoms with Crippen molar-refractivity contribution in [1.29, 1.82) is 0 Å². The van der Waals surface area contributed by atoms with Crippen LogP contribution in [0.3, 0.4) is 0 Å². The van der Waals surface area contributed by atoms with Gasteiger partial charge in [-0.2, -0.15) is 0 Å². The van der Waals surface area contributed by atoms with Crippen molar-refractivity contribution in [3.05, 3.63) is 33.7 Å². The summed E-state index contributed by atoms with van der Waals surface area (Å²) >= 11 is 0. The molecule has 82 valence electrons. The van der Waals surface area contributed by atoms with E-state index in [0.29, 0.717) is 0 Å². The van der Waals surface area contributed by atoms with Crippen molar-refractivity contribution in [3.63, 3.8) is 0 Å². The molecule has 0 amide bonds.